The Bertz CT molecular complexity index is 593. The van der Waals surface area contributed by atoms with Gasteiger partial charge in [-0.05, 0) is 25.1 Å². The van der Waals surface area contributed by atoms with Crippen molar-refractivity contribution in [3.05, 3.63) is 51.3 Å². The molecule has 0 fully saturated rings. The van der Waals surface area contributed by atoms with Gasteiger partial charge in [0.05, 0.1) is 16.4 Å². The lowest BCUT2D eigenvalue weighted by Gasteiger charge is -2.18. The number of benzene rings is 1. The summed E-state index contributed by atoms with van der Waals surface area (Å²) in [6.45, 7) is 2.06. The van der Waals surface area contributed by atoms with E-state index in [4.69, 9.17) is 23.2 Å². The normalized spacial score (nSPS) is 12.7. The largest absolute Gasteiger partial charge is 0.313 e. The molecule has 20 heavy (non-hydrogen) atoms. The lowest BCUT2D eigenvalue weighted by atomic mass is 10.0. The average molecular weight is 312 g/mol. The first-order chi connectivity index (χ1) is 9.58. The first-order valence-electron chi connectivity index (χ1n) is 6.70. The average Bonchev–Trinajstić information content (AvgIpc) is 2.72. The van der Waals surface area contributed by atoms with Crippen LogP contribution in [0.4, 0.5) is 0 Å². The van der Waals surface area contributed by atoms with Crippen molar-refractivity contribution in [2.24, 2.45) is 7.05 Å². The standard InChI is InChI=1S/C15H19Cl2N3/c1-4-12-15(17)14(20(3)19-12)9-13(18-2)10-7-5-6-8-11(10)16/h5-8,13,18H,4,9H2,1-3H3. The molecular formula is C15H19Cl2N3. The van der Waals surface area contributed by atoms with Gasteiger partial charge in [0.2, 0.25) is 0 Å². The second-order valence-corrected chi connectivity index (χ2v) is 5.54. The smallest absolute Gasteiger partial charge is 0.0850 e. The number of nitrogens with zero attached hydrogens (tertiary/aromatic N) is 2. The third-order valence-electron chi connectivity index (χ3n) is 3.53. The van der Waals surface area contributed by atoms with E-state index < -0.39 is 0 Å². The second kappa shape index (κ2) is 6.61. The Morgan fingerprint density at radius 1 is 1.30 bits per heavy atom. The molecule has 1 aromatic heterocycles. The van der Waals surface area contributed by atoms with Gasteiger partial charge in [-0.2, -0.15) is 5.10 Å². The Labute approximate surface area is 129 Å². The summed E-state index contributed by atoms with van der Waals surface area (Å²) in [6.07, 6.45) is 1.59. The predicted molar refractivity (Wildman–Crippen MR) is 84.6 cm³/mol. The minimum absolute atomic E-state index is 0.112. The van der Waals surface area contributed by atoms with E-state index in [1.807, 2.05) is 43.0 Å². The van der Waals surface area contributed by atoms with E-state index in [1.165, 1.54) is 0 Å². The van der Waals surface area contributed by atoms with Crippen LogP contribution in [0.25, 0.3) is 0 Å². The number of hydrogen-bond donors (Lipinski definition) is 1. The molecule has 0 saturated heterocycles. The van der Waals surface area contributed by atoms with E-state index in [0.29, 0.717) is 0 Å². The van der Waals surface area contributed by atoms with Gasteiger partial charge in [-0.15, -0.1) is 0 Å². The van der Waals surface area contributed by atoms with E-state index in [2.05, 4.69) is 17.3 Å². The Morgan fingerprint density at radius 2 is 2.00 bits per heavy atom. The SMILES string of the molecule is CCc1nn(C)c(CC(NC)c2ccccc2Cl)c1Cl. The topological polar surface area (TPSA) is 29.9 Å². The van der Waals surface area contributed by atoms with Gasteiger partial charge in [0.25, 0.3) is 0 Å². The van der Waals surface area contributed by atoms with Crippen LogP contribution in [0.2, 0.25) is 10.0 Å². The monoisotopic (exact) mass is 311 g/mol. The molecule has 2 aromatic rings. The summed E-state index contributed by atoms with van der Waals surface area (Å²) in [7, 11) is 3.86. The molecule has 108 valence electrons. The fourth-order valence-electron chi connectivity index (χ4n) is 2.36. The van der Waals surface area contributed by atoms with Crippen LogP contribution in [0.1, 0.15) is 29.9 Å². The Morgan fingerprint density at radius 3 is 2.55 bits per heavy atom. The maximum Gasteiger partial charge on any atom is 0.0850 e. The third-order valence-corrected chi connectivity index (χ3v) is 4.31. The van der Waals surface area contributed by atoms with Crippen LogP contribution in [0.5, 0.6) is 0 Å². The summed E-state index contributed by atoms with van der Waals surface area (Å²) in [6, 6.07) is 7.98. The van der Waals surface area contributed by atoms with Crippen LogP contribution in [-0.2, 0) is 19.9 Å². The van der Waals surface area contributed by atoms with Crippen molar-refractivity contribution in [2.45, 2.75) is 25.8 Å². The number of rotatable bonds is 5. The van der Waals surface area contributed by atoms with Gasteiger partial charge < -0.3 is 5.32 Å². The van der Waals surface area contributed by atoms with Crippen molar-refractivity contribution in [1.29, 1.82) is 0 Å². The third kappa shape index (κ3) is 3.00. The highest BCUT2D eigenvalue weighted by Gasteiger charge is 2.19. The number of hydrogen-bond acceptors (Lipinski definition) is 2. The second-order valence-electron chi connectivity index (χ2n) is 4.75. The lowest BCUT2D eigenvalue weighted by Crippen LogP contribution is -2.20. The van der Waals surface area contributed by atoms with Gasteiger partial charge in [0.1, 0.15) is 0 Å². The number of aromatic nitrogens is 2. The summed E-state index contributed by atoms with van der Waals surface area (Å²) < 4.78 is 1.86. The number of nitrogens with one attached hydrogen (secondary N) is 1. The molecule has 0 bridgehead atoms. The van der Waals surface area contributed by atoms with Gasteiger partial charge >= 0.3 is 0 Å². The minimum atomic E-state index is 0.112. The van der Waals surface area contributed by atoms with E-state index in [-0.39, 0.29) is 6.04 Å². The van der Waals surface area contributed by atoms with Crippen LogP contribution in [0.3, 0.4) is 0 Å². The van der Waals surface area contributed by atoms with Crippen molar-refractivity contribution in [3.8, 4) is 0 Å². The van der Waals surface area contributed by atoms with Crippen molar-refractivity contribution in [2.75, 3.05) is 7.05 Å². The zero-order valence-corrected chi connectivity index (χ0v) is 13.5. The lowest BCUT2D eigenvalue weighted by molar-refractivity contribution is 0.561. The summed E-state index contributed by atoms with van der Waals surface area (Å²) in [5, 5.41) is 9.29. The molecule has 3 nitrogen and oxygen atoms in total. The number of halogens is 2. The minimum Gasteiger partial charge on any atom is -0.313 e. The molecule has 0 aliphatic carbocycles. The first kappa shape index (κ1) is 15.4. The molecule has 0 aliphatic rings. The molecule has 0 amide bonds. The van der Waals surface area contributed by atoms with Crippen molar-refractivity contribution < 1.29 is 0 Å². The molecule has 1 unspecified atom stereocenters. The molecule has 1 N–H and O–H groups in total. The van der Waals surface area contributed by atoms with Gasteiger partial charge in [-0.3, -0.25) is 4.68 Å². The molecule has 1 atom stereocenters. The summed E-state index contributed by atoms with van der Waals surface area (Å²) >= 11 is 12.7. The summed E-state index contributed by atoms with van der Waals surface area (Å²) in [5.74, 6) is 0. The van der Waals surface area contributed by atoms with Gasteiger partial charge in [-0.25, -0.2) is 0 Å². The molecular weight excluding hydrogens is 293 g/mol. The van der Waals surface area contributed by atoms with Crippen LogP contribution in [0, 0.1) is 0 Å². The molecule has 1 heterocycles. The number of aryl methyl sites for hydroxylation is 2. The maximum absolute atomic E-state index is 6.41. The highest BCUT2D eigenvalue weighted by Crippen LogP contribution is 2.29. The Hall–Kier alpha value is -1.03. The quantitative estimate of drug-likeness (QED) is 0.910. The van der Waals surface area contributed by atoms with Crippen LogP contribution < -0.4 is 5.32 Å². The van der Waals surface area contributed by atoms with Gasteiger partial charge in [0.15, 0.2) is 0 Å². The van der Waals surface area contributed by atoms with Crippen LogP contribution >= 0.6 is 23.2 Å². The van der Waals surface area contributed by atoms with E-state index >= 15 is 0 Å². The molecule has 0 radical (unpaired) electrons. The Balaban J connectivity index is 2.32. The van der Waals surface area contributed by atoms with Gasteiger partial charge in [-0.1, -0.05) is 48.3 Å². The van der Waals surface area contributed by atoms with E-state index in [1.54, 1.807) is 0 Å². The molecule has 2 rings (SSSR count). The molecule has 1 aromatic carbocycles. The fourth-order valence-corrected chi connectivity index (χ4v) is 3.00. The Kier molecular flexibility index (Phi) is 5.08. The molecule has 0 saturated carbocycles. The van der Waals surface area contributed by atoms with E-state index in [9.17, 15) is 0 Å². The summed E-state index contributed by atoms with van der Waals surface area (Å²) in [4.78, 5) is 0. The summed E-state index contributed by atoms with van der Waals surface area (Å²) in [5.41, 5.74) is 3.05. The zero-order chi connectivity index (χ0) is 14.7. The highest BCUT2D eigenvalue weighted by molar-refractivity contribution is 6.32. The first-order valence-corrected chi connectivity index (χ1v) is 7.46. The van der Waals surface area contributed by atoms with Crippen molar-refractivity contribution >= 4 is 23.2 Å². The molecule has 0 aliphatic heterocycles. The van der Waals surface area contributed by atoms with Crippen LogP contribution in [-0.4, -0.2) is 16.8 Å². The van der Waals surface area contributed by atoms with Crippen LogP contribution in [0.15, 0.2) is 24.3 Å². The highest BCUT2D eigenvalue weighted by atomic mass is 35.5. The predicted octanol–water partition coefficient (Wildman–Crippen LogP) is 3.79. The van der Waals surface area contributed by atoms with Crippen molar-refractivity contribution in [3.63, 3.8) is 0 Å². The maximum atomic E-state index is 6.41. The van der Waals surface area contributed by atoms with Gasteiger partial charge in [0, 0.05) is 24.5 Å². The zero-order valence-electron chi connectivity index (χ0n) is 12.0. The fraction of sp³-hybridized carbons (Fsp3) is 0.400. The molecule has 5 heteroatoms. The van der Waals surface area contributed by atoms with E-state index in [0.717, 1.165) is 39.8 Å². The van der Waals surface area contributed by atoms with Crippen molar-refractivity contribution in [1.82, 2.24) is 15.1 Å². The molecule has 0 spiro atoms. The number of likely N-dealkylation sites (N-methyl/N-ethyl adjacent to an activating group) is 1.